The van der Waals surface area contributed by atoms with Gasteiger partial charge in [-0.25, -0.2) is 0 Å². The van der Waals surface area contributed by atoms with E-state index in [0.29, 0.717) is 16.8 Å². The summed E-state index contributed by atoms with van der Waals surface area (Å²) in [6, 6.07) is 16.3. The smallest absolute Gasteiger partial charge is 0.0705 e. The van der Waals surface area contributed by atoms with Gasteiger partial charge in [0.15, 0.2) is 0 Å². The third-order valence-electron chi connectivity index (χ3n) is 4.11. The maximum Gasteiger partial charge on any atom is 0.0705 e. The van der Waals surface area contributed by atoms with Gasteiger partial charge in [0.05, 0.1) is 5.69 Å². The molecule has 1 aromatic heterocycles. The summed E-state index contributed by atoms with van der Waals surface area (Å²) in [5, 5.41) is 0. The molecule has 0 aliphatic rings. The van der Waals surface area contributed by atoms with E-state index in [4.69, 9.17) is 8.22 Å². The largest absolute Gasteiger partial charge is 0.256 e. The first-order valence-corrected chi connectivity index (χ1v) is 8.00. The lowest BCUT2D eigenvalue weighted by atomic mass is 9.84. The fourth-order valence-corrected chi connectivity index (χ4v) is 2.79. The second kappa shape index (κ2) is 6.24. The van der Waals surface area contributed by atoms with Gasteiger partial charge in [0.1, 0.15) is 0 Å². The molecule has 0 radical (unpaired) electrons. The highest BCUT2D eigenvalue weighted by atomic mass is 14.7. The summed E-state index contributed by atoms with van der Waals surface area (Å²) in [6.45, 7) is 1.39. The monoisotopic (exact) mass is 321 g/mol. The number of hydrogen-bond acceptors (Lipinski definition) is 1. The van der Waals surface area contributed by atoms with E-state index < -0.39 is 13.7 Å². The molecule has 3 rings (SSSR count). The molecule has 2 aromatic carbocycles. The molecule has 0 bridgehead atoms. The van der Waals surface area contributed by atoms with Crippen LogP contribution in [-0.2, 0) is 5.41 Å². The minimum atomic E-state index is -2.26. The SMILES string of the molecule is [2H]C([2H])([2H])c1ccc(-c2cc(C(C)(C)C)c(C([2H])([2H])[2H])cn2)cc1-c1ccccc1. The van der Waals surface area contributed by atoms with E-state index in [1.54, 1.807) is 18.2 Å². The van der Waals surface area contributed by atoms with Crippen LogP contribution in [0.15, 0.2) is 60.8 Å². The van der Waals surface area contributed by atoms with Crippen molar-refractivity contribution in [3.05, 3.63) is 77.5 Å². The predicted octanol–water partition coefficient (Wildman–Crippen LogP) is 6.33. The first-order valence-electron chi connectivity index (χ1n) is 11.0. The number of pyridine rings is 1. The van der Waals surface area contributed by atoms with Gasteiger partial charge in [-0.3, -0.25) is 4.98 Å². The molecule has 1 nitrogen and oxygen atoms in total. The molecule has 0 N–H and O–H groups in total. The fraction of sp³-hybridized carbons (Fsp3) is 0.261. The van der Waals surface area contributed by atoms with Crippen LogP contribution in [-0.4, -0.2) is 4.98 Å². The average Bonchev–Trinajstić information content (AvgIpc) is 2.65. The van der Waals surface area contributed by atoms with E-state index in [9.17, 15) is 0 Å². The van der Waals surface area contributed by atoms with Crippen molar-refractivity contribution in [2.75, 3.05) is 0 Å². The Bertz CT molecular complexity index is 1040. The quantitative estimate of drug-likeness (QED) is 0.537. The Labute approximate surface area is 153 Å². The molecule has 0 aliphatic carbocycles. The standard InChI is InChI=1S/C23H25N/c1-16-11-12-19(13-20(16)18-9-7-6-8-10-18)22-14-21(23(3,4)5)17(2)15-24-22/h6-15H,1-5H3/i1D3,2D3. The zero-order chi connectivity index (χ0) is 22.3. The molecule has 122 valence electrons. The Morgan fingerprint density at radius 3 is 2.25 bits per heavy atom. The summed E-state index contributed by atoms with van der Waals surface area (Å²) in [6.07, 6.45) is 1.42. The minimum Gasteiger partial charge on any atom is -0.256 e. The first-order chi connectivity index (χ1) is 13.8. The molecule has 0 aliphatic heterocycles. The van der Waals surface area contributed by atoms with Crippen LogP contribution in [0.2, 0.25) is 0 Å². The lowest BCUT2D eigenvalue weighted by Crippen LogP contribution is -2.13. The van der Waals surface area contributed by atoms with Crippen molar-refractivity contribution in [1.82, 2.24) is 4.98 Å². The molecule has 1 heterocycles. The van der Waals surface area contributed by atoms with Crippen molar-refractivity contribution in [2.24, 2.45) is 0 Å². The summed E-state index contributed by atoms with van der Waals surface area (Å²) in [5.74, 6) is 0. The molecule has 0 saturated heterocycles. The zero-order valence-electron chi connectivity index (χ0n) is 20.2. The summed E-state index contributed by atoms with van der Waals surface area (Å²) in [5.41, 5.74) is 3.60. The Hall–Kier alpha value is -2.41. The van der Waals surface area contributed by atoms with Gasteiger partial charge in [-0.15, -0.1) is 0 Å². The van der Waals surface area contributed by atoms with Crippen LogP contribution in [0.1, 0.15) is 45.7 Å². The van der Waals surface area contributed by atoms with Crippen LogP contribution in [0.4, 0.5) is 0 Å². The Morgan fingerprint density at radius 2 is 1.58 bits per heavy atom. The van der Waals surface area contributed by atoms with Crippen LogP contribution < -0.4 is 0 Å². The van der Waals surface area contributed by atoms with Gasteiger partial charge in [-0.1, -0.05) is 63.2 Å². The van der Waals surface area contributed by atoms with Crippen molar-refractivity contribution in [1.29, 1.82) is 0 Å². The molecule has 0 unspecified atom stereocenters. The molecule has 1 heteroatoms. The van der Waals surface area contributed by atoms with E-state index in [-0.39, 0.29) is 16.5 Å². The number of benzene rings is 2. The zero-order valence-corrected chi connectivity index (χ0v) is 14.2. The molecular weight excluding hydrogens is 290 g/mol. The molecule has 0 saturated carbocycles. The van der Waals surface area contributed by atoms with Crippen molar-refractivity contribution >= 4 is 0 Å². The second-order valence-corrected chi connectivity index (χ2v) is 6.99. The summed E-state index contributed by atoms with van der Waals surface area (Å²) >= 11 is 0. The van der Waals surface area contributed by atoms with E-state index in [0.717, 1.165) is 11.1 Å². The van der Waals surface area contributed by atoms with Gasteiger partial charge in [0.2, 0.25) is 0 Å². The van der Waals surface area contributed by atoms with Crippen LogP contribution >= 0.6 is 0 Å². The fourth-order valence-electron chi connectivity index (χ4n) is 2.79. The van der Waals surface area contributed by atoms with Crippen molar-refractivity contribution in [3.8, 4) is 22.4 Å². The third kappa shape index (κ3) is 3.26. The predicted molar refractivity (Wildman–Crippen MR) is 103 cm³/mol. The Kier molecular flexibility index (Phi) is 2.72. The van der Waals surface area contributed by atoms with E-state index in [1.165, 1.54) is 6.20 Å². The highest BCUT2D eigenvalue weighted by Gasteiger charge is 2.18. The van der Waals surface area contributed by atoms with E-state index >= 15 is 0 Å². The van der Waals surface area contributed by atoms with Crippen LogP contribution in [0.3, 0.4) is 0 Å². The van der Waals surface area contributed by atoms with Gasteiger partial charge in [-0.05, 0) is 59.1 Å². The van der Waals surface area contributed by atoms with Crippen molar-refractivity contribution in [2.45, 2.75) is 39.9 Å². The molecule has 0 fully saturated rings. The number of aromatic nitrogens is 1. The highest BCUT2D eigenvalue weighted by Crippen LogP contribution is 2.32. The van der Waals surface area contributed by atoms with Crippen LogP contribution in [0, 0.1) is 13.7 Å². The highest BCUT2D eigenvalue weighted by molar-refractivity contribution is 5.74. The van der Waals surface area contributed by atoms with Crippen molar-refractivity contribution in [3.63, 3.8) is 0 Å². The van der Waals surface area contributed by atoms with Gasteiger partial charge in [0, 0.05) is 20.0 Å². The second-order valence-electron chi connectivity index (χ2n) is 6.99. The molecule has 0 spiro atoms. The van der Waals surface area contributed by atoms with Gasteiger partial charge in [0.25, 0.3) is 0 Å². The normalized spacial score (nSPS) is 16.3. The van der Waals surface area contributed by atoms with Crippen molar-refractivity contribution < 1.29 is 8.22 Å². The van der Waals surface area contributed by atoms with Crippen LogP contribution in [0.25, 0.3) is 22.4 Å². The van der Waals surface area contributed by atoms with Gasteiger partial charge in [-0.2, -0.15) is 0 Å². The first kappa shape index (κ1) is 10.5. The van der Waals surface area contributed by atoms with Gasteiger partial charge < -0.3 is 0 Å². The van der Waals surface area contributed by atoms with E-state index in [2.05, 4.69) is 4.98 Å². The van der Waals surface area contributed by atoms with Crippen LogP contribution in [0.5, 0.6) is 0 Å². The maximum atomic E-state index is 7.91. The minimum absolute atomic E-state index is 0.237. The summed E-state index contributed by atoms with van der Waals surface area (Å²) < 4.78 is 47.2. The molecule has 3 aromatic rings. The molecule has 0 amide bonds. The lowest BCUT2D eigenvalue weighted by Gasteiger charge is -2.22. The maximum absolute atomic E-state index is 7.91. The van der Waals surface area contributed by atoms with Gasteiger partial charge >= 0.3 is 0 Å². The molecule has 0 atom stereocenters. The number of hydrogen-bond donors (Lipinski definition) is 0. The molecule has 24 heavy (non-hydrogen) atoms. The average molecular weight is 321 g/mol. The summed E-state index contributed by atoms with van der Waals surface area (Å²) in [7, 11) is 0. The summed E-state index contributed by atoms with van der Waals surface area (Å²) in [4.78, 5) is 4.42. The topological polar surface area (TPSA) is 12.9 Å². The number of aryl methyl sites for hydroxylation is 2. The lowest BCUT2D eigenvalue weighted by molar-refractivity contribution is 0.585. The number of nitrogens with zero attached hydrogens (tertiary/aromatic N) is 1. The Morgan fingerprint density at radius 1 is 0.833 bits per heavy atom. The number of rotatable bonds is 2. The third-order valence-corrected chi connectivity index (χ3v) is 4.11. The Balaban J connectivity index is 2.22. The van der Waals surface area contributed by atoms with E-state index in [1.807, 2.05) is 57.2 Å². The molecular formula is C23H25N.